The number of alkyl halides is 2. The van der Waals surface area contributed by atoms with Gasteiger partial charge in [-0.05, 0) is 39.0 Å². The van der Waals surface area contributed by atoms with E-state index in [0.717, 1.165) is 23.1 Å². The first-order valence-corrected chi connectivity index (χ1v) is 9.39. The summed E-state index contributed by atoms with van der Waals surface area (Å²) in [7, 11) is 0. The molecule has 0 spiro atoms. The second-order valence-electron chi connectivity index (χ2n) is 6.12. The number of benzene rings is 1. The molecule has 0 aliphatic heterocycles. The van der Waals surface area contributed by atoms with Gasteiger partial charge in [0.1, 0.15) is 5.75 Å². The second-order valence-corrected chi connectivity index (χ2v) is 7.42. The van der Waals surface area contributed by atoms with Crippen molar-refractivity contribution in [2.75, 3.05) is 11.2 Å². The fourth-order valence-electron chi connectivity index (χ4n) is 2.54. The maximum absolute atomic E-state index is 12.5. The molecule has 12 heteroatoms. The Morgan fingerprint density at radius 2 is 2.00 bits per heavy atom. The summed E-state index contributed by atoms with van der Waals surface area (Å²) in [5, 5.41) is 14.6. The highest BCUT2D eigenvalue weighted by atomic mass is 32.2. The van der Waals surface area contributed by atoms with E-state index in [1.807, 2.05) is 19.9 Å². The van der Waals surface area contributed by atoms with Crippen molar-refractivity contribution >= 4 is 23.4 Å². The van der Waals surface area contributed by atoms with Crippen molar-refractivity contribution in [3.05, 3.63) is 41.7 Å². The fourth-order valence-corrected chi connectivity index (χ4v) is 3.31. The lowest BCUT2D eigenvalue weighted by atomic mass is 10.3. The van der Waals surface area contributed by atoms with E-state index in [0.29, 0.717) is 11.1 Å². The predicted octanol–water partition coefficient (Wildman–Crippen LogP) is 2.52. The molecule has 3 rings (SSSR count). The molecule has 1 unspecified atom stereocenters. The number of hydrogen-bond donors (Lipinski definition) is 2. The Labute approximate surface area is 169 Å². The molecule has 154 valence electrons. The summed E-state index contributed by atoms with van der Waals surface area (Å²) in [4.78, 5) is 12.5. The minimum atomic E-state index is -3.00. The zero-order chi connectivity index (χ0) is 21.1. The summed E-state index contributed by atoms with van der Waals surface area (Å²) in [6.07, 6.45) is 0. The molecule has 2 heterocycles. The van der Waals surface area contributed by atoms with Gasteiger partial charge in [-0.3, -0.25) is 4.79 Å². The fraction of sp³-hybridized carbons (Fsp3) is 0.294. The van der Waals surface area contributed by atoms with Gasteiger partial charge >= 0.3 is 6.61 Å². The highest BCUT2D eigenvalue weighted by molar-refractivity contribution is 8.00. The molecule has 1 aromatic carbocycles. The van der Waals surface area contributed by atoms with Crippen molar-refractivity contribution in [1.29, 1.82) is 0 Å². The van der Waals surface area contributed by atoms with Gasteiger partial charge in [0.15, 0.2) is 0 Å². The minimum Gasteiger partial charge on any atom is -0.433 e. The number of carbonyl (C=O) groups excluding carboxylic acids is 1. The van der Waals surface area contributed by atoms with Crippen molar-refractivity contribution in [2.45, 2.75) is 37.8 Å². The number of rotatable bonds is 7. The van der Waals surface area contributed by atoms with E-state index in [4.69, 9.17) is 5.84 Å². The number of amides is 1. The van der Waals surface area contributed by atoms with E-state index in [1.165, 1.54) is 22.9 Å². The van der Waals surface area contributed by atoms with Crippen LogP contribution in [0, 0.1) is 13.8 Å². The second kappa shape index (κ2) is 8.47. The molecule has 2 aromatic heterocycles. The van der Waals surface area contributed by atoms with Crippen LogP contribution in [0.15, 0.2) is 35.5 Å². The van der Waals surface area contributed by atoms with Gasteiger partial charge in [-0.25, -0.2) is 9.36 Å². The van der Waals surface area contributed by atoms with Crippen LogP contribution in [0.4, 0.5) is 14.5 Å². The zero-order valence-corrected chi connectivity index (χ0v) is 16.7. The Bertz CT molecular complexity index is 1020. The Morgan fingerprint density at radius 3 is 2.66 bits per heavy atom. The average Bonchev–Trinajstić information content (AvgIpc) is 3.17. The molecule has 0 saturated carbocycles. The number of nitrogens with one attached hydrogen (secondary N) is 1. The van der Waals surface area contributed by atoms with Crippen LogP contribution in [0.5, 0.6) is 5.75 Å². The van der Waals surface area contributed by atoms with E-state index >= 15 is 0 Å². The van der Waals surface area contributed by atoms with Crippen LogP contribution in [0.25, 0.3) is 5.95 Å². The van der Waals surface area contributed by atoms with Crippen molar-refractivity contribution < 1.29 is 18.3 Å². The van der Waals surface area contributed by atoms with Gasteiger partial charge in [0.25, 0.3) is 5.95 Å². The van der Waals surface area contributed by atoms with Crippen LogP contribution in [-0.2, 0) is 4.79 Å². The topological polar surface area (TPSA) is 113 Å². The third kappa shape index (κ3) is 4.65. The number of nitrogen functional groups attached to an aromatic ring is 1. The standard InChI is InChI=1S/C17H19F2N7O2S/c1-9-8-10(2)26(24-9)16-22-23-17(25(16)20)29-11(3)14(27)21-12-6-4-5-7-13(12)28-15(18)19/h4-8,11,15H,20H2,1-3H3,(H,21,27). The Morgan fingerprint density at radius 1 is 1.28 bits per heavy atom. The van der Waals surface area contributed by atoms with Gasteiger partial charge < -0.3 is 15.9 Å². The summed E-state index contributed by atoms with van der Waals surface area (Å²) >= 11 is 1.07. The SMILES string of the molecule is Cc1cc(C)n(-c2nnc(SC(C)C(=O)Nc3ccccc3OC(F)F)n2N)n1. The summed E-state index contributed by atoms with van der Waals surface area (Å²) in [6.45, 7) is 2.34. The molecule has 0 saturated heterocycles. The minimum absolute atomic E-state index is 0.123. The van der Waals surface area contributed by atoms with E-state index in [-0.39, 0.29) is 11.4 Å². The number of carbonyl (C=O) groups is 1. The molecule has 0 bridgehead atoms. The molecule has 1 atom stereocenters. The predicted molar refractivity (Wildman–Crippen MR) is 104 cm³/mol. The molecular formula is C17H19F2N7O2S. The number of para-hydroxylation sites is 2. The Hall–Kier alpha value is -3.15. The smallest absolute Gasteiger partial charge is 0.387 e. The first-order chi connectivity index (χ1) is 13.8. The monoisotopic (exact) mass is 423 g/mol. The molecule has 0 radical (unpaired) electrons. The molecule has 0 aliphatic rings. The Kier molecular flexibility index (Phi) is 6.01. The highest BCUT2D eigenvalue weighted by Gasteiger charge is 2.22. The van der Waals surface area contributed by atoms with Gasteiger partial charge in [0, 0.05) is 5.69 Å². The molecule has 3 aromatic rings. The lowest BCUT2D eigenvalue weighted by Gasteiger charge is -2.14. The van der Waals surface area contributed by atoms with Crippen molar-refractivity contribution in [3.63, 3.8) is 0 Å². The largest absolute Gasteiger partial charge is 0.433 e. The molecule has 9 nitrogen and oxygen atoms in total. The van der Waals surface area contributed by atoms with Gasteiger partial charge in [-0.15, -0.1) is 10.2 Å². The molecule has 3 N–H and O–H groups in total. The molecule has 29 heavy (non-hydrogen) atoms. The summed E-state index contributed by atoms with van der Waals surface area (Å²) in [6, 6.07) is 7.82. The number of nitrogens with two attached hydrogens (primary N) is 1. The zero-order valence-electron chi connectivity index (χ0n) is 15.8. The average molecular weight is 423 g/mol. The van der Waals surface area contributed by atoms with E-state index < -0.39 is 17.8 Å². The number of halogens is 2. The number of anilines is 1. The first-order valence-electron chi connectivity index (χ1n) is 8.51. The van der Waals surface area contributed by atoms with Crippen LogP contribution in [0.3, 0.4) is 0 Å². The van der Waals surface area contributed by atoms with Crippen LogP contribution >= 0.6 is 11.8 Å². The van der Waals surface area contributed by atoms with Crippen molar-refractivity contribution in [2.24, 2.45) is 0 Å². The summed E-state index contributed by atoms with van der Waals surface area (Å²) in [5.41, 5.74) is 1.78. The van der Waals surface area contributed by atoms with Crippen LogP contribution in [0.2, 0.25) is 0 Å². The van der Waals surface area contributed by atoms with Crippen molar-refractivity contribution in [3.8, 4) is 11.7 Å². The molecule has 0 fully saturated rings. The number of thioether (sulfide) groups is 1. The molecular weight excluding hydrogens is 404 g/mol. The van der Waals surface area contributed by atoms with Crippen LogP contribution in [-0.4, -0.2) is 42.4 Å². The number of hydrogen-bond acceptors (Lipinski definition) is 7. The third-order valence-corrected chi connectivity index (χ3v) is 4.91. The highest BCUT2D eigenvalue weighted by Crippen LogP contribution is 2.28. The van der Waals surface area contributed by atoms with Gasteiger partial charge in [0.05, 0.1) is 16.6 Å². The van der Waals surface area contributed by atoms with Gasteiger partial charge in [-0.1, -0.05) is 23.9 Å². The maximum Gasteiger partial charge on any atom is 0.387 e. The number of aromatic nitrogens is 5. The van der Waals surface area contributed by atoms with Gasteiger partial charge in [-0.2, -0.15) is 13.9 Å². The summed E-state index contributed by atoms with van der Waals surface area (Å²) in [5.74, 6) is 5.82. The first kappa shape index (κ1) is 20.6. The number of aryl methyl sites for hydroxylation is 2. The summed E-state index contributed by atoms with van der Waals surface area (Å²) < 4.78 is 32.3. The molecule has 0 aliphatic carbocycles. The van der Waals surface area contributed by atoms with E-state index in [1.54, 1.807) is 17.7 Å². The van der Waals surface area contributed by atoms with E-state index in [2.05, 4.69) is 25.3 Å². The maximum atomic E-state index is 12.5. The number of ether oxygens (including phenoxy) is 1. The third-order valence-electron chi connectivity index (χ3n) is 3.86. The molecule has 1 amide bonds. The normalized spacial score (nSPS) is 12.2. The van der Waals surface area contributed by atoms with Crippen molar-refractivity contribution in [1.82, 2.24) is 24.7 Å². The van der Waals surface area contributed by atoms with E-state index in [9.17, 15) is 13.6 Å². The van der Waals surface area contributed by atoms with Crippen LogP contribution in [0.1, 0.15) is 18.3 Å². The van der Waals surface area contributed by atoms with Crippen LogP contribution < -0.4 is 15.9 Å². The Balaban J connectivity index is 1.72. The van der Waals surface area contributed by atoms with Gasteiger partial charge in [0.2, 0.25) is 11.1 Å². The lowest BCUT2D eigenvalue weighted by Crippen LogP contribution is -2.24. The lowest BCUT2D eigenvalue weighted by molar-refractivity contribution is -0.115. The quantitative estimate of drug-likeness (QED) is 0.443. The number of nitrogens with zero attached hydrogens (tertiary/aromatic N) is 5.